The van der Waals surface area contributed by atoms with Crippen LogP contribution in [0.15, 0.2) is 16.3 Å². The highest BCUT2D eigenvalue weighted by Crippen LogP contribution is 2.11. The van der Waals surface area contributed by atoms with Gasteiger partial charge in [-0.05, 0) is 12.5 Å². The van der Waals surface area contributed by atoms with Crippen LogP contribution in [0.4, 0.5) is 0 Å². The predicted molar refractivity (Wildman–Crippen MR) is 49.7 cm³/mol. The van der Waals surface area contributed by atoms with E-state index in [-0.39, 0.29) is 16.8 Å². The second kappa shape index (κ2) is 3.70. The minimum atomic E-state index is -0.416. The third-order valence-electron chi connectivity index (χ3n) is 1.60. The fourth-order valence-electron chi connectivity index (χ4n) is 0.975. The largest absolute Gasteiger partial charge is 0.323 e. The third kappa shape index (κ3) is 2.15. The third-order valence-corrected chi connectivity index (χ3v) is 1.89. The van der Waals surface area contributed by atoms with Crippen molar-refractivity contribution >= 4 is 28.5 Å². The number of allylic oxidation sites excluding steroid dienone is 1. The number of ketones is 1. The molecule has 4 nitrogen and oxygen atoms in total. The number of carbonyl (C=O) groups excluding carboxylic acids is 2. The molecule has 1 N–H and O–H groups in total. The monoisotopic (exact) mass is 200 g/mol. The zero-order valence-electron chi connectivity index (χ0n) is 7.35. The molecule has 0 spiro atoms. The van der Waals surface area contributed by atoms with Crippen molar-refractivity contribution in [3.05, 3.63) is 11.3 Å². The molecule has 0 aromatic rings. The van der Waals surface area contributed by atoms with E-state index in [1.165, 1.54) is 6.92 Å². The molecule has 0 unspecified atom stereocenters. The summed E-state index contributed by atoms with van der Waals surface area (Å²) in [5, 5.41) is 2.36. The molecule has 70 valence electrons. The number of Topliss-reactive ketones (excluding diaryl/α,β-unsaturated/α-hetero) is 1. The molecule has 1 rings (SSSR count). The first-order valence-electron chi connectivity index (χ1n) is 3.74. The zero-order chi connectivity index (χ0) is 10.0. The topological polar surface area (TPSA) is 58.5 Å². The number of nitrogens with one attached hydrogen (secondary N) is 1. The maximum Gasteiger partial charge on any atom is 0.238 e. The molecule has 0 aliphatic carbocycles. The molecule has 0 radical (unpaired) electrons. The number of hydrogen-bond donors (Lipinski definition) is 1. The predicted octanol–water partition coefficient (Wildman–Crippen LogP) is 0.617. The van der Waals surface area contributed by atoms with Crippen molar-refractivity contribution in [2.45, 2.75) is 13.8 Å². The normalized spacial score (nSPS) is 17.2. The molecule has 0 saturated heterocycles. The van der Waals surface area contributed by atoms with Gasteiger partial charge in [-0.1, -0.05) is 11.6 Å². The van der Waals surface area contributed by atoms with E-state index >= 15 is 0 Å². The second-order valence-corrected chi connectivity index (χ2v) is 3.13. The standard InChI is InChI=1S/C8H9ClN2O2/c1-4-3-10-8(9)7(13)6(4)11-5(2)12/h3H2,1-2H3,(H,11,12). The van der Waals surface area contributed by atoms with Gasteiger partial charge in [-0.2, -0.15) is 0 Å². The first kappa shape index (κ1) is 9.92. The summed E-state index contributed by atoms with van der Waals surface area (Å²) >= 11 is 5.53. The van der Waals surface area contributed by atoms with Crippen molar-refractivity contribution in [1.82, 2.24) is 5.32 Å². The quantitative estimate of drug-likeness (QED) is 0.675. The number of amides is 1. The van der Waals surface area contributed by atoms with Crippen LogP contribution in [0.5, 0.6) is 0 Å². The molecule has 1 aliphatic rings. The van der Waals surface area contributed by atoms with E-state index in [1.807, 2.05) is 0 Å². The number of aliphatic imine (C=N–C) groups is 1. The van der Waals surface area contributed by atoms with E-state index in [4.69, 9.17) is 11.6 Å². The van der Waals surface area contributed by atoms with Gasteiger partial charge in [-0.15, -0.1) is 0 Å². The summed E-state index contributed by atoms with van der Waals surface area (Å²) in [6, 6.07) is 0. The number of nitrogens with zero attached hydrogens (tertiary/aromatic N) is 1. The highest BCUT2D eigenvalue weighted by molar-refractivity contribution is 6.85. The first-order valence-corrected chi connectivity index (χ1v) is 4.12. The Morgan fingerprint density at radius 1 is 1.62 bits per heavy atom. The van der Waals surface area contributed by atoms with Gasteiger partial charge >= 0.3 is 0 Å². The van der Waals surface area contributed by atoms with E-state index in [0.29, 0.717) is 6.54 Å². The molecule has 0 aromatic carbocycles. The maximum atomic E-state index is 11.3. The molecule has 1 aliphatic heterocycles. The Morgan fingerprint density at radius 3 is 2.77 bits per heavy atom. The van der Waals surface area contributed by atoms with E-state index in [1.54, 1.807) is 6.92 Å². The van der Waals surface area contributed by atoms with Gasteiger partial charge in [0.2, 0.25) is 11.7 Å². The highest BCUT2D eigenvalue weighted by atomic mass is 35.5. The molecular weight excluding hydrogens is 192 g/mol. The van der Waals surface area contributed by atoms with Crippen LogP contribution in [0, 0.1) is 0 Å². The SMILES string of the molecule is CC(=O)NC1=C(C)CN=C(Cl)C1=O. The summed E-state index contributed by atoms with van der Waals surface area (Å²) in [5.41, 5.74) is 0.983. The number of halogens is 1. The molecule has 1 amide bonds. The summed E-state index contributed by atoms with van der Waals surface area (Å²) in [7, 11) is 0. The Morgan fingerprint density at radius 2 is 2.23 bits per heavy atom. The average Bonchev–Trinajstić information content (AvgIpc) is 2.05. The minimum Gasteiger partial charge on any atom is -0.323 e. The molecular formula is C8H9ClN2O2. The summed E-state index contributed by atoms with van der Waals surface area (Å²) < 4.78 is 0. The second-order valence-electron chi connectivity index (χ2n) is 2.77. The van der Waals surface area contributed by atoms with E-state index < -0.39 is 5.78 Å². The van der Waals surface area contributed by atoms with Crippen LogP contribution in [0.3, 0.4) is 0 Å². The minimum absolute atomic E-state index is 0.0747. The molecule has 0 aromatic heterocycles. The van der Waals surface area contributed by atoms with Crippen LogP contribution in [0.2, 0.25) is 0 Å². The lowest BCUT2D eigenvalue weighted by Gasteiger charge is -2.13. The summed E-state index contributed by atoms with van der Waals surface area (Å²) in [6.07, 6.45) is 0. The molecule has 0 bridgehead atoms. The van der Waals surface area contributed by atoms with Crippen LogP contribution in [-0.2, 0) is 9.59 Å². The lowest BCUT2D eigenvalue weighted by Crippen LogP contribution is -2.31. The van der Waals surface area contributed by atoms with Crippen molar-refractivity contribution in [3.8, 4) is 0 Å². The van der Waals surface area contributed by atoms with Crippen molar-refractivity contribution in [2.24, 2.45) is 4.99 Å². The Kier molecular flexibility index (Phi) is 2.83. The summed E-state index contributed by atoms with van der Waals surface area (Å²) in [6.45, 7) is 3.43. The van der Waals surface area contributed by atoms with Gasteiger partial charge < -0.3 is 5.32 Å². The molecule has 5 heteroatoms. The highest BCUT2D eigenvalue weighted by Gasteiger charge is 2.22. The Hall–Kier alpha value is -1.16. The average molecular weight is 201 g/mol. The van der Waals surface area contributed by atoms with Gasteiger partial charge in [-0.3, -0.25) is 14.6 Å². The van der Waals surface area contributed by atoms with Crippen LogP contribution in [-0.4, -0.2) is 23.4 Å². The van der Waals surface area contributed by atoms with E-state index in [2.05, 4.69) is 10.3 Å². The lowest BCUT2D eigenvalue weighted by atomic mass is 10.1. The van der Waals surface area contributed by atoms with Gasteiger partial charge in [0.15, 0.2) is 5.17 Å². The van der Waals surface area contributed by atoms with Crippen LogP contribution < -0.4 is 5.32 Å². The fourth-order valence-corrected chi connectivity index (χ4v) is 1.13. The Labute approximate surface area is 80.7 Å². The van der Waals surface area contributed by atoms with Gasteiger partial charge in [-0.25, -0.2) is 0 Å². The zero-order valence-corrected chi connectivity index (χ0v) is 8.10. The maximum absolute atomic E-state index is 11.3. The molecule has 0 fully saturated rings. The molecule has 0 saturated carbocycles. The molecule has 1 heterocycles. The van der Waals surface area contributed by atoms with Gasteiger partial charge in [0.25, 0.3) is 0 Å². The Bertz CT molecular complexity index is 331. The van der Waals surface area contributed by atoms with Gasteiger partial charge in [0, 0.05) is 6.92 Å². The van der Waals surface area contributed by atoms with E-state index in [9.17, 15) is 9.59 Å². The number of rotatable bonds is 1. The summed E-state index contributed by atoms with van der Waals surface area (Å²) in [5.74, 6) is -0.699. The van der Waals surface area contributed by atoms with Crippen molar-refractivity contribution < 1.29 is 9.59 Å². The molecule has 13 heavy (non-hydrogen) atoms. The van der Waals surface area contributed by atoms with Crippen molar-refractivity contribution in [3.63, 3.8) is 0 Å². The van der Waals surface area contributed by atoms with Crippen LogP contribution in [0.1, 0.15) is 13.8 Å². The molecule has 0 atom stereocenters. The van der Waals surface area contributed by atoms with Crippen molar-refractivity contribution in [1.29, 1.82) is 0 Å². The Balaban J connectivity index is 2.92. The van der Waals surface area contributed by atoms with Gasteiger partial charge in [0.05, 0.1) is 12.2 Å². The smallest absolute Gasteiger partial charge is 0.238 e. The number of dihydropyridines is 1. The summed E-state index contributed by atoms with van der Waals surface area (Å²) in [4.78, 5) is 25.8. The lowest BCUT2D eigenvalue weighted by molar-refractivity contribution is -0.120. The number of carbonyl (C=O) groups is 2. The van der Waals surface area contributed by atoms with Crippen LogP contribution >= 0.6 is 11.6 Å². The van der Waals surface area contributed by atoms with Crippen molar-refractivity contribution in [2.75, 3.05) is 6.54 Å². The van der Waals surface area contributed by atoms with E-state index in [0.717, 1.165) is 5.57 Å². The van der Waals surface area contributed by atoms with Crippen LogP contribution in [0.25, 0.3) is 0 Å². The fraction of sp³-hybridized carbons (Fsp3) is 0.375. The first-order chi connectivity index (χ1) is 6.02. The number of hydrogen-bond acceptors (Lipinski definition) is 3. The van der Waals surface area contributed by atoms with Gasteiger partial charge in [0.1, 0.15) is 0 Å².